The first-order valence-corrected chi connectivity index (χ1v) is 8.07. The van der Waals surface area contributed by atoms with Crippen LogP contribution in [-0.4, -0.2) is 24.9 Å². The van der Waals surface area contributed by atoms with Crippen molar-refractivity contribution in [2.75, 3.05) is 6.54 Å². The molecule has 0 radical (unpaired) electrons. The lowest BCUT2D eigenvalue weighted by atomic mass is 10.0. The number of nitrogens with one attached hydrogen (secondary N) is 1. The molecule has 2 heterocycles. The topological polar surface area (TPSA) is 43.6 Å². The fourth-order valence-corrected chi connectivity index (χ4v) is 2.81. The van der Waals surface area contributed by atoms with E-state index in [2.05, 4.69) is 33.0 Å². The molecule has 1 N–H and O–H groups in total. The van der Waals surface area contributed by atoms with Crippen LogP contribution in [0.3, 0.4) is 0 Å². The van der Waals surface area contributed by atoms with Crippen LogP contribution in [0.15, 0.2) is 16.7 Å². The largest absolute Gasteiger partial charge is 0.468 e. The summed E-state index contributed by atoms with van der Waals surface area (Å²) in [6, 6.07) is 2.01. The number of hydrogen-bond acceptors (Lipinski definition) is 4. The maximum atomic E-state index is 6.07. The van der Waals surface area contributed by atoms with Gasteiger partial charge in [0.15, 0.2) is 0 Å². The number of ether oxygens (including phenoxy) is 2. The van der Waals surface area contributed by atoms with E-state index in [0.29, 0.717) is 12.5 Å². The van der Waals surface area contributed by atoms with E-state index >= 15 is 0 Å². The van der Waals surface area contributed by atoms with Crippen LogP contribution in [0, 0.1) is 5.92 Å². The molecule has 0 aromatic carbocycles. The summed E-state index contributed by atoms with van der Waals surface area (Å²) in [5.74, 6) is 1.63. The van der Waals surface area contributed by atoms with Gasteiger partial charge in [-0.15, -0.1) is 0 Å². The molecule has 0 bridgehead atoms. The zero-order valence-electron chi connectivity index (χ0n) is 13.7. The van der Waals surface area contributed by atoms with Crippen LogP contribution in [0.5, 0.6) is 0 Å². The average molecular weight is 295 g/mol. The Morgan fingerprint density at radius 2 is 2.00 bits per heavy atom. The summed E-state index contributed by atoms with van der Waals surface area (Å²) in [6.07, 6.45) is 4.56. The maximum absolute atomic E-state index is 6.07. The normalized spacial score (nSPS) is 26.4. The van der Waals surface area contributed by atoms with Gasteiger partial charge in [0, 0.05) is 5.56 Å². The summed E-state index contributed by atoms with van der Waals surface area (Å²) in [5, 5.41) is 3.41. The summed E-state index contributed by atoms with van der Waals surface area (Å²) in [5.41, 5.74) is 1.15. The summed E-state index contributed by atoms with van der Waals surface area (Å²) in [4.78, 5) is 0. The van der Waals surface area contributed by atoms with Crippen LogP contribution >= 0.6 is 0 Å². The van der Waals surface area contributed by atoms with Crippen molar-refractivity contribution < 1.29 is 13.9 Å². The highest BCUT2D eigenvalue weighted by Gasteiger charge is 2.25. The van der Waals surface area contributed by atoms with Crippen LogP contribution in [-0.2, 0) is 22.6 Å². The third-order valence-corrected chi connectivity index (χ3v) is 3.80. The Labute approximate surface area is 128 Å². The van der Waals surface area contributed by atoms with E-state index in [1.54, 1.807) is 6.26 Å². The Balaban J connectivity index is 1.79. The van der Waals surface area contributed by atoms with Gasteiger partial charge in [0.05, 0.1) is 37.7 Å². The quantitative estimate of drug-likeness (QED) is 0.836. The van der Waals surface area contributed by atoms with E-state index in [0.717, 1.165) is 37.3 Å². The van der Waals surface area contributed by atoms with Crippen molar-refractivity contribution >= 4 is 0 Å². The molecule has 120 valence electrons. The van der Waals surface area contributed by atoms with Gasteiger partial charge >= 0.3 is 0 Å². The van der Waals surface area contributed by atoms with Crippen LogP contribution in [0.25, 0.3) is 0 Å². The molecule has 0 aliphatic carbocycles. The lowest BCUT2D eigenvalue weighted by Crippen LogP contribution is -2.34. The first kappa shape index (κ1) is 16.5. The fraction of sp³-hybridized carbons (Fsp3) is 0.765. The van der Waals surface area contributed by atoms with Crippen molar-refractivity contribution in [2.45, 2.75) is 72.0 Å². The molecule has 2 rings (SSSR count). The van der Waals surface area contributed by atoms with Crippen molar-refractivity contribution in [1.29, 1.82) is 0 Å². The van der Waals surface area contributed by atoms with E-state index in [-0.39, 0.29) is 18.3 Å². The second-order valence-corrected chi connectivity index (χ2v) is 6.56. The van der Waals surface area contributed by atoms with Gasteiger partial charge in [0.2, 0.25) is 0 Å². The molecule has 1 aliphatic rings. The third-order valence-electron chi connectivity index (χ3n) is 3.80. The predicted molar refractivity (Wildman–Crippen MR) is 83.1 cm³/mol. The molecular formula is C17H29NO3. The van der Waals surface area contributed by atoms with Crippen LogP contribution in [0.1, 0.15) is 51.9 Å². The minimum absolute atomic E-state index is 0.287. The smallest absolute Gasteiger partial charge is 0.123 e. The summed E-state index contributed by atoms with van der Waals surface area (Å²) in [7, 11) is 0. The number of furan rings is 1. The summed E-state index contributed by atoms with van der Waals surface area (Å²) >= 11 is 0. The van der Waals surface area contributed by atoms with E-state index < -0.39 is 0 Å². The maximum Gasteiger partial charge on any atom is 0.123 e. The van der Waals surface area contributed by atoms with E-state index in [1.807, 2.05) is 6.07 Å². The predicted octanol–water partition coefficient (Wildman–Crippen LogP) is 3.50. The molecule has 1 aliphatic heterocycles. The average Bonchev–Trinajstić information content (AvgIpc) is 2.82. The number of hydrogen-bond donors (Lipinski definition) is 1. The molecule has 2 atom stereocenters. The Bertz CT molecular complexity index is 406. The second kappa shape index (κ2) is 7.97. The highest BCUT2D eigenvalue weighted by atomic mass is 16.5. The Morgan fingerprint density at radius 1 is 1.29 bits per heavy atom. The summed E-state index contributed by atoms with van der Waals surface area (Å²) < 4.78 is 17.4. The molecule has 0 spiro atoms. The standard InChI is InChI=1S/C17H29NO3/c1-12(2)9-18-10-17-15(5-6-19-17)11-20-16-7-13(3)21-14(4)8-16/h5-6,12-14,16,18H,7-11H2,1-4H3. The highest BCUT2D eigenvalue weighted by molar-refractivity contribution is 5.15. The fourth-order valence-electron chi connectivity index (χ4n) is 2.81. The Morgan fingerprint density at radius 3 is 2.67 bits per heavy atom. The van der Waals surface area contributed by atoms with Gasteiger partial charge in [-0.1, -0.05) is 13.8 Å². The zero-order valence-corrected chi connectivity index (χ0v) is 13.7. The minimum Gasteiger partial charge on any atom is -0.468 e. The Kier molecular flexibility index (Phi) is 6.27. The molecular weight excluding hydrogens is 266 g/mol. The lowest BCUT2D eigenvalue weighted by molar-refractivity contribution is -0.106. The number of rotatable bonds is 7. The molecule has 4 heteroatoms. The van der Waals surface area contributed by atoms with Gasteiger partial charge in [-0.2, -0.15) is 0 Å². The van der Waals surface area contributed by atoms with Gasteiger partial charge in [-0.3, -0.25) is 0 Å². The molecule has 1 saturated heterocycles. The monoisotopic (exact) mass is 295 g/mol. The molecule has 0 saturated carbocycles. The molecule has 1 aromatic rings. The highest BCUT2D eigenvalue weighted by Crippen LogP contribution is 2.23. The second-order valence-electron chi connectivity index (χ2n) is 6.56. The first-order valence-electron chi connectivity index (χ1n) is 8.07. The molecule has 1 fully saturated rings. The molecule has 1 aromatic heterocycles. The van der Waals surface area contributed by atoms with E-state index in [9.17, 15) is 0 Å². The van der Waals surface area contributed by atoms with E-state index in [4.69, 9.17) is 13.9 Å². The van der Waals surface area contributed by atoms with Crippen LogP contribution in [0.2, 0.25) is 0 Å². The SMILES string of the molecule is CC(C)CNCc1occc1COC1CC(C)OC(C)C1. The van der Waals surface area contributed by atoms with Crippen molar-refractivity contribution in [1.82, 2.24) is 5.32 Å². The van der Waals surface area contributed by atoms with Crippen molar-refractivity contribution in [3.63, 3.8) is 0 Å². The van der Waals surface area contributed by atoms with E-state index in [1.165, 1.54) is 0 Å². The molecule has 2 unspecified atom stereocenters. The van der Waals surface area contributed by atoms with Gasteiger partial charge < -0.3 is 19.2 Å². The van der Waals surface area contributed by atoms with Crippen molar-refractivity contribution in [3.05, 3.63) is 23.7 Å². The first-order chi connectivity index (χ1) is 10.0. The molecule has 0 amide bonds. The van der Waals surface area contributed by atoms with Gasteiger partial charge in [0.25, 0.3) is 0 Å². The third kappa shape index (κ3) is 5.46. The van der Waals surface area contributed by atoms with Gasteiger partial charge in [-0.25, -0.2) is 0 Å². The lowest BCUT2D eigenvalue weighted by Gasteiger charge is -2.31. The van der Waals surface area contributed by atoms with Crippen molar-refractivity contribution in [3.8, 4) is 0 Å². The van der Waals surface area contributed by atoms with Gasteiger partial charge in [-0.05, 0) is 45.2 Å². The van der Waals surface area contributed by atoms with Crippen LogP contribution in [0.4, 0.5) is 0 Å². The minimum atomic E-state index is 0.287. The molecule has 4 nitrogen and oxygen atoms in total. The zero-order chi connectivity index (χ0) is 15.2. The molecule has 21 heavy (non-hydrogen) atoms. The Hall–Kier alpha value is -0.840. The van der Waals surface area contributed by atoms with Crippen LogP contribution < -0.4 is 5.32 Å². The van der Waals surface area contributed by atoms with Gasteiger partial charge in [0.1, 0.15) is 5.76 Å². The van der Waals surface area contributed by atoms with Crippen molar-refractivity contribution in [2.24, 2.45) is 5.92 Å². The summed E-state index contributed by atoms with van der Waals surface area (Å²) in [6.45, 7) is 11.0.